The number of hydrogen-bond donors (Lipinski definition) is 1. The van der Waals surface area contributed by atoms with Gasteiger partial charge in [0.2, 0.25) is 0 Å². The molecule has 0 aromatic heterocycles. The van der Waals surface area contributed by atoms with E-state index in [1.165, 1.54) is 18.2 Å². The summed E-state index contributed by atoms with van der Waals surface area (Å²) in [5.41, 5.74) is 0.0596. The highest BCUT2D eigenvalue weighted by atomic mass is 19.1. The number of nitriles is 1. The first-order chi connectivity index (χ1) is 9.46. The summed E-state index contributed by atoms with van der Waals surface area (Å²) in [5, 5.41) is 12.2. The van der Waals surface area contributed by atoms with E-state index >= 15 is 0 Å². The van der Waals surface area contributed by atoms with Crippen LogP contribution < -0.4 is 5.32 Å². The average molecular weight is 274 g/mol. The second-order valence-corrected chi connectivity index (χ2v) is 5.79. The maximum Gasteiger partial charge on any atom is 0.252 e. The van der Waals surface area contributed by atoms with Gasteiger partial charge in [0.25, 0.3) is 5.91 Å². The van der Waals surface area contributed by atoms with Crippen molar-refractivity contribution in [3.05, 3.63) is 35.1 Å². The molecule has 1 aliphatic carbocycles. The fourth-order valence-corrected chi connectivity index (χ4v) is 2.60. The first-order valence-electron chi connectivity index (χ1n) is 6.96. The third-order valence-electron chi connectivity index (χ3n) is 4.11. The SMILES string of the molecule is Cc1cc(C(=O)NC2(C#N)CCC(C)CC2)ccc1F. The zero-order chi connectivity index (χ0) is 14.8. The molecular formula is C16H19FN2O. The Balaban J connectivity index is 2.13. The van der Waals surface area contributed by atoms with Crippen LogP contribution in [0.3, 0.4) is 0 Å². The van der Waals surface area contributed by atoms with E-state index in [4.69, 9.17) is 0 Å². The van der Waals surface area contributed by atoms with Crippen LogP contribution in [-0.2, 0) is 0 Å². The Hall–Kier alpha value is -1.89. The summed E-state index contributed by atoms with van der Waals surface area (Å²) in [5.74, 6) is -0.0336. The Bertz CT molecular complexity index is 554. The molecular weight excluding hydrogens is 255 g/mol. The first-order valence-corrected chi connectivity index (χ1v) is 6.96. The topological polar surface area (TPSA) is 52.9 Å². The number of halogens is 1. The summed E-state index contributed by atoms with van der Waals surface area (Å²) in [7, 11) is 0. The van der Waals surface area contributed by atoms with Crippen LogP contribution in [0.4, 0.5) is 4.39 Å². The lowest BCUT2D eigenvalue weighted by Crippen LogP contribution is -2.49. The van der Waals surface area contributed by atoms with Gasteiger partial charge in [-0.25, -0.2) is 4.39 Å². The van der Waals surface area contributed by atoms with Crippen LogP contribution in [0.25, 0.3) is 0 Å². The summed E-state index contributed by atoms with van der Waals surface area (Å²) in [6.45, 7) is 3.78. The minimum Gasteiger partial charge on any atom is -0.334 e. The quantitative estimate of drug-likeness (QED) is 0.899. The Morgan fingerprint density at radius 1 is 1.45 bits per heavy atom. The van der Waals surface area contributed by atoms with Crippen molar-refractivity contribution in [1.29, 1.82) is 5.26 Å². The third kappa shape index (κ3) is 2.98. The molecule has 0 unspecified atom stereocenters. The summed E-state index contributed by atoms with van der Waals surface area (Å²) < 4.78 is 13.2. The molecule has 0 aliphatic heterocycles. The normalized spacial score (nSPS) is 25.8. The maximum absolute atomic E-state index is 13.2. The van der Waals surface area contributed by atoms with E-state index in [0.717, 1.165) is 12.8 Å². The van der Waals surface area contributed by atoms with Crippen LogP contribution >= 0.6 is 0 Å². The molecule has 4 heteroatoms. The van der Waals surface area contributed by atoms with Gasteiger partial charge in [0.1, 0.15) is 11.4 Å². The van der Waals surface area contributed by atoms with Crippen LogP contribution in [0.2, 0.25) is 0 Å². The molecule has 1 aliphatic rings. The van der Waals surface area contributed by atoms with E-state index in [9.17, 15) is 14.4 Å². The molecule has 0 spiro atoms. The largest absolute Gasteiger partial charge is 0.334 e. The van der Waals surface area contributed by atoms with Crippen LogP contribution in [0, 0.1) is 30.0 Å². The highest BCUT2D eigenvalue weighted by Gasteiger charge is 2.35. The second kappa shape index (κ2) is 5.62. The van der Waals surface area contributed by atoms with Gasteiger partial charge in [0.05, 0.1) is 6.07 Å². The van der Waals surface area contributed by atoms with Crippen molar-refractivity contribution in [3.63, 3.8) is 0 Å². The molecule has 1 aromatic carbocycles. The van der Waals surface area contributed by atoms with Crippen molar-refractivity contribution in [2.24, 2.45) is 5.92 Å². The number of benzene rings is 1. The monoisotopic (exact) mass is 274 g/mol. The number of nitrogens with zero attached hydrogens (tertiary/aromatic N) is 1. The number of carbonyl (C=O) groups is 1. The molecule has 1 amide bonds. The van der Waals surface area contributed by atoms with Crippen molar-refractivity contribution >= 4 is 5.91 Å². The summed E-state index contributed by atoms with van der Waals surface area (Å²) in [6, 6.07) is 6.51. The van der Waals surface area contributed by atoms with Crippen LogP contribution in [-0.4, -0.2) is 11.4 Å². The van der Waals surface area contributed by atoms with Gasteiger partial charge in [-0.2, -0.15) is 5.26 Å². The molecule has 20 heavy (non-hydrogen) atoms. The van der Waals surface area contributed by atoms with E-state index in [2.05, 4.69) is 18.3 Å². The van der Waals surface area contributed by atoms with Crippen LogP contribution in [0.15, 0.2) is 18.2 Å². The van der Waals surface area contributed by atoms with E-state index in [0.29, 0.717) is 29.9 Å². The van der Waals surface area contributed by atoms with Gasteiger partial charge < -0.3 is 5.32 Å². The predicted octanol–water partition coefficient (Wildman–Crippen LogP) is 3.34. The minimum atomic E-state index is -0.772. The fourth-order valence-electron chi connectivity index (χ4n) is 2.60. The van der Waals surface area contributed by atoms with Gasteiger partial charge in [0.15, 0.2) is 0 Å². The maximum atomic E-state index is 13.2. The van der Waals surface area contributed by atoms with Crippen molar-refractivity contribution in [2.45, 2.75) is 45.1 Å². The molecule has 2 rings (SSSR count). The predicted molar refractivity (Wildman–Crippen MR) is 74.6 cm³/mol. The highest BCUT2D eigenvalue weighted by molar-refractivity contribution is 5.95. The van der Waals surface area contributed by atoms with Crippen molar-refractivity contribution in [3.8, 4) is 6.07 Å². The lowest BCUT2D eigenvalue weighted by Gasteiger charge is -2.34. The van der Waals surface area contributed by atoms with Crippen LogP contribution in [0.5, 0.6) is 0 Å². The molecule has 106 valence electrons. The van der Waals surface area contributed by atoms with E-state index in [-0.39, 0.29) is 11.7 Å². The van der Waals surface area contributed by atoms with Crippen molar-refractivity contribution < 1.29 is 9.18 Å². The number of aryl methyl sites for hydroxylation is 1. The standard InChI is InChI=1S/C16H19FN2O/c1-11-5-7-16(10-18,8-6-11)19-15(20)13-3-4-14(17)12(2)9-13/h3-4,9,11H,5-8H2,1-2H3,(H,19,20). The Morgan fingerprint density at radius 3 is 2.65 bits per heavy atom. The number of carbonyl (C=O) groups excluding carboxylic acids is 1. The Labute approximate surface area is 118 Å². The molecule has 1 aromatic rings. The lowest BCUT2D eigenvalue weighted by atomic mass is 9.78. The van der Waals surface area contributed by atoms with Gasteiger partial charge in [-0.15, -0.1) is 0 Å². The third-order valence-corrected chi connectivity index (χ3v) is 4.11. The van der Waals surface area contributed by atoms with Gasteiger partial charge in [0, 0.05) is 5.56 Å². The van der Waals surface area contributed by atoms with Crippen molar-refractivity contribution in [1.82, 2.24) is 5.32 Å². The smallest absolute Gasteiger partial charge is 0.252 e. The molecule has 1 fully saturated rings. The number of amides is 1. The summed E-state index contributed by atoms with van der Waals surface area (Å²) in [4.78, 5) is 12.2. The Kier molecular flexibility index (Phi) is 4.08. The van der Waals surface area contributed by atoms with Crippen LogP contribution in [0.1, 0.15) is 48.5 Å². The van der Waals surface area contributed by atoms with Gasteiger partial charge >= 0.3 is 0 Å². The zero-order valence-electron chi connectivity index (χ0n) is 11.9. The molecule has 0 bridgehead atoms. The van der Waals surface area contributed by atoms with E-state index < -0.39 is 5.54 Å². The number of rotatable bonds is 2. The number of hydrogen-bond acceptors (Lipinski definition) is 2. The Morgan fingerprint density at radius 2 is 2.10 bits per heavy atom. The average Bonchev–Trinajstić information content (AvgIpc) is 2.44. The summed E-state index contributed by atoms with van der Waals surface area (Å²) in [6.07, 6.45) is 3.24. The fraction of sp³-hybridized carbons (Fsp3) is 0.500. The molecule has 0 saturated heterocycles. The first kappa shape index (κ1) is 14.5. The molecule has 3 nitrogen and oxygen atoms in total. The van der Waals surface area contributed by atoms with E-state index in [1.54, 1.807) is 6.92 Å². The van der Waals surface area contributed by atoms with Gasteiger partial charge in [-0.3, -0.25) is 4.79 Å². The van der Waals surface area contributed by atoms with Gasteiger partial charge in [-0.1, -0.05) is 6.92 Å². The second-order valence-electron chi connectivity index (χ2n) is 5.79. The molecule has 1 N–H and O–H groups in total. The van der Waals surface area contributed by atoms with Crippen molar-refractivity contribution in [2.75, 3.05) is 0 Å². The molecule has 0 atom stereocenters. The zero-order valence-corrected chi connectivity index (χ0v) is 11.9. The molecule has 0 radical (unpaired) electrons. The molecule has 0 heterocycles. The van der Waals surface area contributed by atoms with E-state index in [1.807, 2.05) is 0 Å². The minimum absolute atomic E-state index is 0.302. The lowest BCUT2D eigenvalue weighted by molar-refractivity contribution is 0.0893. The highest BCUT2D eigenvalue weighted by Crippen LogP contribution is 2.31. The molecule has 1 saturated carbocycles. The summed E-state index contributed by atoms with van der Waals surface area (Å²) >= 11 is 0. The number of nitrogens with one attached hydrogen (secondary N) is 1. The van der Waals surface area contributed by atoms with Gasteiger partial charge in [-0.05, 0) is 62.3 Å².